The molecule has 5 nitrogen and oxygen atoms in total. The molecule has 28 heavy (non-hydrogen) atoms. The first-order valence-electron chi connectivity index (χ1n) is 9.59. The summed E-state index contributed by atoms with van der Waals surface area (Å²) in [5.74, 6) is 0.606. The first kappa shape index (κ1) is 19.8. The summed E-state index contributed by atoms with van der Waals surface area (Å²) in [4.78, 5) is 17.1. The van der Waals surface area contributed by atoms with Crippen LogP contribution in [-0.2, 0) is 9.53 Å². The van der Waals surface area contributed by atoms with E-state index in [9.17, 15) is 4.79 Å². The third kappa shape index (κ3) is 4.14. The molecule has 0 saturated carbocycles. The number of para-hydroxylation sites is 1. The molecule has 1 atom stereocenters. The molecule has 1 heterocycles. The molecule has 2 aromatic rings. The summed E-state index contributed by atoms with van der Waals surface area (Å²) in [5, 5.41) is 0. The van der Waals surface area contributed by atoms with E-state index >= 15 is 0 Å². The lowest BCUT2D eigenvalue weighted by Gasteiger charge is -2.40. The minimum Gasteiger partial charge on any atom is -0.497 e. The van der Waals surface area contributed by atoms with E-state index in [4.69, 9.17) is 9.47 Å². The Morgan fingerprint density at radius 1 is 1.14 bits per heavy atom. The number of carbonyl (C=O) groups excluding carboxylic acids is 1. The minimum absolute atomic E-state index is 0.190. The molecular weight excluding hydrogens is 352 g/mol. The fourth-order valence-corrected chi connectivity index (χ4v) is 3.65. The number of carbonyl (C=O) groups is 1. The highest BCUT2D eigenvalue weighted by Crippen LogP contribution is 2.33. The topological polar surface area (TPSA) is 42.0 Å². The van der Waals surface area contributed by atoms with Crippen LogP contribution in [0.15, 0.2) is 65.9 Å². The molecule has 0 spiro atoms. The van der Waals surface area contributed by atoms with Crippen molar-refractivity contribution in [1.29, 1.82) is 0 Å². The van der Waals surface area contributed by atoms with Gasteiger partial charge in [0.2, 0.25) is 0 Å². The summed E-state index contributed by atoms with van der Waals surface area (Å²) in [6.45, 7) is 5.02. The van der Waals surface area contributed by atoms with Crippen LogP contribution in [0.3, 0.4) is 0 Å². The van der Waals surface area contributed by atoms with Crippen molar-refractivity contribution in [3.8, 4) is 5.75 Å². The zero-order valence-electron chi connectivity index (χ0n) is 17.0. The standard InChI is InChI=1S/C23H28N2O3/c1-5-28-23(26)22-15-21(24(3)18-9-7-6-8-10-18)17(2)16-25(22)19-11-13-20(27-4)14-12-19/h6-14,22H,5,15-16H2,1-4H3/t22-/m1/s1. The van der Waals surface area contributed by atoms with E-state index in [1.807, 2.05) is 49.4 Å². The van der Waals surface area contributed by atoms with Crippen LogP contribution in [0, 0.1) is 0 Å². The molecule has 3 rings (SSSR count). The second kappa shape index (κ2) is 8.83. The highest BCUT2D eigenvalue weighted by Gasteiger charge is 2.34. The molecule has 2 aromatic carbocycles. The first-order valence-corrected chi connectivity index (χ1v) is 9.59. The molecule has 1 aliphatic rings. The Bertz CT molecular complexity index is 831. The van der Waals surface area contributed by atoms with Gasteiger partial charge in [-0.3, -0.25) is 0 Å². The van der Waals surface area contributed by atoms with Gasteiger partial charge in [-0.05, 0) is 55.8 Å². The smallest absolute Gasteiger partial charge is 0.329 e. The van der Waals surface area contributed by atoms with Crippen molar-refractivity contribution in [2.75, 3.05) is 37.1 Å². The molecule has 0 fully saturated rings. The molecule has 0 aromatic heterocycles. The van der Waals surface area contributed by atoms with Crippen molar-refractivity contribution in [2.45, 2.75) is 26.3 Å². The average molecular weight is 380 g/mol. The first-order chi connectivity index (χ1) is 13.5. The Labute approximate surface area is 167 Å². The molecule has 0 amide bonds. The second-order valence-corrected chi connectivity index (χ2v) is 6.92. The van der Waals surface area contributed by atoms with Crippen molar-refractivity contribution >= 4 is 17.3 Å². The van der Waals surface area contributed by atoms with E-state index in [1.54, 1.807) is 7.11 Å². The molecule has 148 valence electrons. The molecular formula is C23H28N2O3. The summed E-state index contributed by atoms with van der Waals surface area (Å²) >= 11 is 0. The van der Waals surface area contributed by atoms with Crippen LogP contribution < -0.4 is 14.5 Å². The molecule has 0 bridgehead atoms. The summed E-state index contributed by atoms with van der Waals surface area (Å²) in [6.07, 6.45) is 0.599. The Morgan fingerprint density at radius 3 is 2.43 bits per heavy atom. The third-order valence-corrected chi connectivity index (χ3v) is 5.17. The van der Waals surface area contributed by atoms with Gasteiger partial charge < -0.3 is 19.3 Å². The summed E-state index contributed by atoms with van der Waals surface area (Å²) in [7, 11) is 3.70. The molecule has 5 heteroatoms. The minimum atomic E-state index is -0.363. The quantitative estimate of drug-likeness (QED) is 0.701. The number of hydrogen-bond donors (Lipinski definition) is 0. The molecule has 0 unspecified atom stereocenters. The highest BCUT2D eigenvalue weighted by molar-refractivity contribution is 5.82. The Morgan fingerprint density at radius 2 is 1.82 bits per heavy atom. The summed E-state index contributed by atoms with van der Waals surface area (Å²) in [6, 6.07) is 17.7. The SMILES string of the molecule is CCOC(=O)[C@H]1CC(N(C)c2ccccc2)=C(C)CN1c1ccc(OC)cc1. The van der Waals surface area contributed by atoms with Gasteiger partial charge in [-0.15, -0.1) is 0 Å². The van der Waals surface area contributed by atoms with Crippen molar-refractivity contribution in [3.05, 3.63) is 65.9 Å². The number of methoxy groups -OCH3 is 1. The van der Waals surface area contributed by atoms with Crippen LogP contribution in [0.1, 0.15) is 20.3 Å². The number of rotatable bonds is 6. The highest BCUT2D eigenvalue weighted by atomic mass is 16.5. The molecule has 0 N–H and O–H groups in total. The van der Waals surface area contributed by atoms with Crippen molar-refractivity contribution in [2.24, 2.45) is 0 Å². The summed E-state index contributed by atoms with van der Waals surface area (Å²) in [5.41, 5.74) is 4.49. The van der Waals surface area contributed by atoms with Crippen molar-refractivity contribution < 1.29 is 14.3 Å². The van der Waals surface area contributed by atoms with Crippen LogP contribution in [0.2, 0.25) is 0 Å². The van der Waals surface area contributed by atoms with Gasteiger partial charge >= 0.3 is 5.97 Å². The number of benzene rings is 2. The monoisotopic (exact) mass is 380 g/mol. The van der Waals surface area contributed by atoms with E-state index in [1.165, 1.54) is 5.57 Å². The maximum atomic E-state index is 12.8. The zero-order chi connectivity index (χ0) is 20.1. The Balaban J connectivity index is 1.94. The lowest BCUT2D eigenvalue weighted by atomic mass is 9.97. The molecule has 0 radical (unpaired) electrons. The van der Waals surface area contributed by atoms with Crippen LogP contribution in [0.25, 0.3) is 0 Å². The lowest BCUT2D eigenvalue weighted by Crippen LogP contribution is -2.48. The fraction of sp³-hybridized carbons (Fsp3) is 0.348. The Kier molecular flexibility index (Phi) is 6.24. The number of esters is 1. The van der Waals surface area contributed by atoms with Gasteiger partial charge in [0.05, 0.1) is 13.7 Å². The largest absolute Gasteiger partial charge is 0.497 e. The predicted octanol–water partition coefficient (Wildman–Crippen LogP) is 4.25. The predicted molar refractivity (Wildman–Crippen MR) is 113 cm³/mol. The lowest BCUT2D eigenvalue weighted by molar-refractivity contribution is -0.144. The normalized spacial score (nSPS) is 16.7. The van der Waals surface area contributed by atoms with E-state index in [-0.39, 0.29) is 12.0 Å². The maximum absolute atomic E-state index is 12.8. The van der Waals surface area contributed by atoms with Gasteiger partial charge in [0.15, 0.2) is 0 Å². The van der Waals surface area contributed by atoms with Crippen molar-refractivity contribution in [1.82, 2.24) is 0 Å². The van der Waals surface area contributed by atoms with Gasteiger partial charge in [0, 0.05) is 37.1 Å². The van der Waals surface area contributed by atoms with Crippen LogP contribution in [-0.4, -0.2) is 39.3 Å². The van der Waals surface area contributed by atoms with Crippen LogP contribution in [0.4, 0.5) is 11.4 Å². The molecule has 1 aliphatic heterocycles. The van der Waals surface area contributed by atoms with Gasteiger partial charge in [-0.1, -0.05) is 18.2 Å². The number of ether oxygens (including phenoxy) is 2. The Hall–Kier alpha value is -2.95. The summed E-state index contributed by atoms with van der Waals surface area (Å²) < 4.78 is 10.7. The number of anilines is 2. The van der Waals surface area contributed by atoms with Crippen molar-refractivity contribution in [3.63, 3.8) is 0 Å². The van der Waals surface area contributed by atoms with Gasteiger partial charge in [-0.2, -0.15) is 0 Å². The number of hydrogen-bond acceptors (Lipinski definition) is 5. The number of nitrogens with zero attached hydrogens (tertiary/aromatic N) is 2. The maximum Gasteiger partial charge on any atom is 0.329 e. The van der Waals surface area contributed by atoms with Gasteiger partial charge in [0.25, 0.3) is 0 Å². The van der Waals surface area contributed by atoms with Crippen LogP contribution in [0.5, 0.6) is 5.75 Å². The van der Waals surface area contributed by atoms with E-state index in [0.29, 0.717) is 19.6 Å². The molecule has 0 saturated heterocycles. The zero-order valence-corrected chi connectivity index (χ0v) is 17.0. The van der Waals surface area contributed by atoms with Crippen LogP contribution >= 0.6 is 0 Å². The second-order valence-electron chi connectivity index (χ2n) is 6.92. The van der Waals surface area contributed by atoms with E-state index in [2.05, 4.69) is 35.9 Å². The van der Waals surface area contributed by atoms with E-state index < -0.39 is 0 Å². The van der Waals surface area contributed by atoms with Gasteiger partial charge in [-0.25, -0.2) is 4.79 Å². The molecule has 0 aliphatic carbocycles. The third-order valence-electron chi connectivity index (χ3n) is 5.17. The fourth-order valence-electron chi connectivity index (χ4n) is 3.65. The van der Waals surface area contributed by atoms with Gasteiger partial charge in [0.1, 0.15) is 11.8 Å². The van der Waals surface area contributed by atoms with E-state index in [0.717, 1.165) is 22.8 Å². The average Bonchev–Trinajstić information content (AvgIpc) is 2.74.